The number of benzene rings is 1. The average molecular weight is 179 g/mol. The third kappa shape index (κ3) is 1.97. The molecule has 1 aromatic rings. The van der Waals surface area contributed by atoms with Crippen molar-refractivity contribution in [2.75, 3.05) is 19.4 Å². The van der Waals surface area contributed by atoms with Gasteiger partial charge < -0.3 is 5.32 Å². The van der Waals surface area contributed by atoms with E-state index >= 15 is 0 Å². The van der Waals surface area contributed by atoms with Gasteiger partial charge in [-0.05, 0) is 12.1 Å². The van der Waals surface area contributed by atoms with Crippen LogP contribution >= 0.6 is 0 Å². The molecule has 13 heavy (non-hydrogen) atoms. The second-order valence-electron chi connectivity index (χ2n) is 2.71. The number of rotatable bonds is 2. The van der Waals surface area contributed by atoms with Gasteiger partial charge in [0.15, 0.2) is 0 Å². The lowest BCUT2D eigenvalue weighted by atomic mass is 10.1. The normalized spacial score (nSPS) is 9.46. The van der Waals surface area contributed by atoms with E-state index in [0.717, 1.165) is 10.7 Å². The van der Waals surface area contributed by atoms with E-state index in [9.17, 15) is 4.79 Å². The van der Waals surface area contributed by atoms with Crippen molar-refractivity contribution in [3.8, 4) is 0 Å². The maximum absolute atomic E-state index is 11.5. The van der Waals surface area contributed by atoms with Gasteiger partial charge in [-0.15, -0.1) is 0 Å². The molecule has 0 saturated heterocycles. The Morgan fingerprint density at radius 2 is 2.08 bits per heavy atom. The van der Waals surface area contributed by atoms with Crippen LogP contribution in [0, 0.1) is 0 Å². The Morgan fingerprint density at radius 1 is 1.46 bits per heavy atom. The van der Waals surface area contributed by atoms with Crippen LogP contribution in [0.1, 0.15) is 10.4 Å². The Kier molecular flexibility index (Phi) is 2.87. The van der Waals surface area contributed by atoms with E-state index in [1.54, 1.807) is 19.2 Å². The monoisotopic (exact) mass is 179 g/mol. The predicted octanol–water partition coefficient (Wildman–Crippen LogP) is 0.674. The Balaban J connectivity index is 3.06. The number of carbonyl (C=O) groups is 1. The maximum Gasteiger partial charge on any atom is 0.269 e. The lowest BCUT2D eigenvalue weighted by Crippen LogP contribution is -2.33. The highest BCUT2D eigenvalue weighted by Crippen LogP contribution is 2.14. The van der Waals surface area contributed by atoms with Crippen molar-refractivity contribution in [3.63, 3.8) is 0 Å². The van der Waals surface area contributed by atoms with Crippen molar-refractivity contribution in [1.82, 2.24) is 5.01 Å². The van der Waals surface area contributed by atoms with Gasteiger partial charge in [0.05, 0.1) is 5.56 Å². The minimum Gasteiger partial charge on any atom is -0.387 e. The molecule has 0 heterocycles. The van der Waals surface area contributed by atoms with E-state index < -0.39 is 0 Å². The number of nitrogens with two attached hydrogens (primary N) is 1. The molecular formula is C9H13N3O. The third-order valence-corrected chi connectivity index (χ3v) is 1.75. The predicted molar refractivity (Wildman–Crippen MR) is 52.3 cm³/mol. The molecule has 0 bridgehead atoms. The summed E-state index contributed by atoms with van der Waals surface area (Å²) in [6.45, 7) is 0. The summed E-state index contributed by atoms with van der Waals surface area (Å²) in [4.78, 5) is 11.5. The Morgan fingerprint density at radius 3 is 2.62 bits per heavy atom. The van der Waals surface area contributed by atoms with Crippen molar-refractivity contribution < 1.29 is 4.79 Å². The van der Waals surface area contributed by atoms with Gasteiger partial charge in [0, 0.05) is 19.8 Å². The number of carbonyl (C=O) groups excluding carboxylic acids is 1. The molecule has 70 valence electrons. The summed E-state index contributed by atoms with van der Waals surface area (Å²) in [6.07, 6.45) is 0. The highest BCUT2D eigenvalue weighted by molar-refractivity contribution is 5.99. The molecule has 0 aromatic heterocycles. The zero-order valence-electron chi connectivity index (χ0n) is 7.74. The number of amides is 1. The summed E-state index contributed by atoms with van der Waals surface area (Å²) in [7, 11) is 3.29. The molecule has 4 nitrogen and oxygen atoms in total. The second kappa shape index (κ2) is 3.91. The van der Waals surface area contributed by atoms with Crippen molar-refractivity contribution in [2.45, 2.75) is 0 Å². The topological polar surface area (TPSA) is 58.4 Å². The smallest absolute Gasteiger partial charge is 0.269 e. The van der Waals surface area contributed by atoms with Crippen LogP contribution in [-0.2, 0) is 0 Å². The first-order valence-corrected chi connectivity index (χ1v) is 3.96. The fourth-order valence-corrected chi connectivity index (χ4v) is 1.08. The number of hydrazine groups is 1. The number of nitrogens with zero attached hydrogens (tertiary/aromatic N) is 1. The first-order valence-electron chi connectivity index (χ1n) is 3.96. The van der Waals surface area contributed by atoms with Crippen LogP contribution in [0.15, 0.2) is 24.3 Å². The van der Waals surface area contributed by atoms with Crippen LogP contribution in [0.4, 0.5) is 5.69 Å². The minimum atomic E-state index is -0.204. The molecule has 0 unspecified atom stereocenters. The summed E-state index contributed by atoms with van der Waals surface area (Å²) < 4.78 is 0. The quantitative estimate of drug-likeness (QED) is 0.398. The third-order valence-electron chi connectivity index (χ3n) is 1.75. The number of para-hydroxylation sites is 1. The highest BCUT2D eigenvalue weighted by Gasteiger charge is 2.11. The molecule has 0 aliphatic carbocycles. The van der Waals surface area contributed by atoms with Crippen LogP contribution in [-0.4, -0.2) is 25.0 Å². The van der Waals surface area contributed by atoms with E-state index in [-0.39, 0.29) is 5.91 Å². The molecule has 0 radical (unpaired) electrons. The number of nitrogens with one attached hydrogen (secondary N) is 1. The van der Waals surface area contributed by atoms with Gasteiger partial charge in [0.1, 0.15) is 0 Å². The summed E-state index contributed by atoms with van der Waals surface area (Å²) in [5.74, 6) is 5.14. The Labute approximate surface area is 77.3 Å². The number of hydrogen-bond acceptors (Lipinski definition) is 3. The first-order chi connectivity index (χ1) is 6.16. The van der Waals surface area contributed by atoms with E-state index in [4.69, 9.17) is 5.84 Å². The Hall–Kier alpha value is -1.55. The van der Waals surface area contributed by atoms with Crippen LogP contribution in [0.3, 0.4) is 0 Å². The van der Waals surface area contributed by atoms with Crippen molar-refractivity contribution in [3.05, 3.63) is 29.8 Å². The Bertz CT molecular complexity index is 309. The van der Waals surface area contributed by atoms with Gasteiger partial charge >= 0.3 is 0 Å². The zero-order valence-corrected chi connectivity index (χ0v) is 7.74. The highest BCUT2D eigenvalue weighted by atomic mass is 16.2. The molecule has 1 aromatic carbocycles. The lowest BCUT2D eigenvalue weighted by Gasteiger charge is -2.12. The minimum absolute atomic E-state index is 0.204. The van der Waals surface area contributed by atoms with Gasteiger partial charge in [-0.1, -0.05) is 12.1 Å². The summed E-state index contributed by atoms with van der Waals surface area (Å²) in [5.41, 5.74) is 1.36. The molecule has 0 saturated carbocycles. The summed E-state index contributed by atoms with van der Waals surface area (Å²) >= 11 is 0. The molecule has 1 amide bonds. The van der Waals surface area contributed by atoms with Gasteiger partial charge in [-0.25, -0.2) is 5.84 Å². The van der Waals surface area contributed by atoms with E-state index in [2.05, 4.69) is 5.32 Å². The average Bonchev–Trinajstić information content (AvgIpc) is 2.16. The van der Waals surface area contributed by atoms with Crippen molar-refractivity contribution in [1.29, 1.82) is 0 Å². The molecule has 0 spiro atoms. The summed E-state index contributed by atoms with van der Waals surface area (Å²) in [6, 6.07) is 7.23. The standard InChI is InChI=1S/C9H13N3O/c1-11-8-6-4-3-5-7(8)9(13)12(2)10/h3-6,11H,10H2,1-2H3. The molecule has 4 heteroatoms. The second-order valence-corrected chi connectivity index (χ2v) is 2.71. The SMILES string of the molecule is CNc1ccccc1C(=O)N(C)N. The molecule has 0 aliphatic heterocycles. The van der Waals surface area contributed by atoms with Crippen LogP contribution < -0.4 is 11.2 Å². The van der Waals surface area contributed by atoms with Crippen LogP contribution in [0.5, 0.6) is 0 Å². The van der Waals surface area contributed by atoms with Crippen molar-refractivity contribution in [2.24, 2.45) is 5.84 Å². The van der Waals surface area contributed by atoms with E-state index in [1.807, 2.05) is 12.1 Å². The molecule has 0 aliphatic rings. The fourth-order valence-electron chi connectivity index (χ4n) is 1.08. The largest absolute Gasteiger partial charge is 0.387 e. The summed E-state index contributed by atoms with van der Waals surface area (Å²) in [5, 5.41) is 3.99. The van der Waals surface area contributed by atoms with Gasteiger partial charge in [0.25, 0.3) is 5.91 Å². The van der Waals surface area contributed by atoms with Gasteiger partial charge in [-0.3, -0.25) is 9.80 Å². The molecule has 0 fully saturated rings. The molecule has 1 rings (SSSR count). The fraction of sp³-hybridized carbons (Fsp3) is 0.222. The maximum atomic E-state index is 11.5. The number of anilines is 1. The zero-order chi connectivity index (χ0) is 9.84. The number of hydrogen-bond donors (Lipinski definition) is 2. The lowest BCUT2D eigenvalue weighted by molar-refractivity contribution is 0.0796. The molecular weight excluding hydrogens is 166 g/mol. The molecule has 0 atom stereocenters. The first kappa shape index (κ1) is 9.54. The van der Waals surface area contributed by atoms with Crippen LogP contribution in [0.25, 0.3) is 0 Å². The van der Waals surface area contributed by atoms with Gasteiger partial charge in [-0.2, -0.15) is 0 Å². The van der Waals surface area contributed by atoms with Crippen LogP contribution in [0.2, 0.25) is 0 Å². The van der Waals surface area contributed by atoms with Crippen molar-refractivity contribution >= 4 is 11.6 Å². The van der Waals surface area contributed by atoms with Gasteiger partial charge in [0.2, 0.25) is 0 Å². The van der Waals surface area contributed by atoms with E-state index in [0.29, 0.717) is 5.56 Å². The van der Waals surface area contributed by atoms with E-state index in [1.165, 1.54) is 7.05 Å². The molecule has 3 N–H and O–H groups in total.